The maximum atomic E-state index is 5.46. The molecule has 138 valence electrons. The molecule has 6 heteroatoms. The topological polar surface area (TPSA) is 46.1 Å². The van der Waals surface area contributed by atoms with Crippen molar-refractivity contribution in [1.29, 1.82) is 0 Å². The van der Waals surface area contributed by atoms with Crippen LogP contribution in [0, 0.1) is 5.41 Å². The van der Waals surface area contributed by atoms with Gasteiger partial charge in [0.1, 0.15) is 11.5 Å². The number of nitrogens with zero attached hydrogens (tertiary/aromatic N) is 2. The van der Waals surface area contributed by atoms with Crippen molar-refractivity contribution in [2.45, 2.75) is 33.7 Å². The molecule has 0 radical (unpaired) electrons. The molecule has 0 heterocycles. The lowest BCUT2D eigenvalue weighted by Crippen LogP contribution is -2.39. The fraction of sp³-hybridized carbons (Fsp3) is 0.611. The van der Waals surface area contributed by atoms with Gasteiger partial charge < -0.3 is 19.7 Å². The zero-order chi connectivity index (χ0) is 17.5. The highest BCUT2D eigenvalue weighted by Gasteiger charge is 2.13. The highest BCUT2D eigenvalue weighted by molar-refractivity contribution is 14.0. The Balaban J connectivity index is 0.00000529. The van der Waals surface area contributed by atoms with Crippen LogP contribution in [0.3, 0.4) is 0 Å². The van der Waals surface area contributed by atoms with Crippen LogP contribution < -0.4 is 14.8 Å². The summed E-state index contributed by atoms with van der Waals surface area (Å²) >= 11 is 0. The lowest BCUT2D eigenvalue weighted by molar-refractivity contribution is 0.369. The average molecular weight is 449 g/mol. The first-order chi connectivity index (χ1) is 10.8. The predicted molar refractivity (Wildman–Crippen MR) is 112 cm³/mol. The van der Waals surface area contributed by atoms with Gasteiger partial charge in [-0.25, -0.2) is 0 Å². The number of hydrogen-bond donors (Lipinski definition) is 1. The van der Waals surface area contributed by atoms with Crippen LogP contribution in [0.25, 0.3) is 0 Å². The van der Waals surface area contributed by atoms with Crippen LogP contribution >= 0.6 is 24.0 Å². The highest BCUT2D eigenvalue weighted by atomic mass is 127. The maximum Gasteiger partial charge on any atom is 0.193 e. The van der Waals surface area contributed by atoms with Crippen LogP contribution in [0.2, 0.25) is 0 Å². The number of hydrogen-bond acceptors (Lipinski definition) is 3. The summed E-state index contributed by atoms with van der Waals surface area (Å²) in [4.78, 5) is 6.45. The van der Waals surface area contributed by atoms with Crippen molar-refractivity contribution in [3.8, 4) is 11.5 Å². The Labute approximate surface area is 163 Å². The highest BCUT2D eigenvalue weighted by Crippen LogP contribution is 2.25. The maximum absolute atomic E-state index is 5.46. The smallest absolute Gasteiger partial charge is 0.193 e. The second-order valence-electron chi connectivity index (χ2n) is 6.82. The van der Waals surface area contributed by atoms with Crippen LogP contribution in [0.5, 0.6) is 11.5 Å². The molecule has 0 aromatic heterocycles. The van der Waals surface area contributed by atoms with Crippen LogP contribution in [0.15, 0.2) is 23.2 Å². The van der Waals surface area contributed by atoms with Crippen molar-refractivity contribution in [2.75, 3.05) is 34.9 Å². The SMILES string of the molecule is CN=C(NCCC(C)(C)C)N(C)Cc1ccc(OC)cc1OC.I. The van der Waals surface area contributed by atoms with E-state index in [0.29, 0.717) is 12.0 Å². The molecule has 0 atom stereocenters. The van der Waals surface area contributed by atoms with E-state index in [4.69, 9.17) is 9.47 Å². The minimum atomic E-state index is 0. The third-order valence-corrected chi connectivity index (χ3v) is 3.63. The molecule has 0 fully saturated rings. The zero-order valence-corrected chi connectivity index (χ0v) is 18.3. The Hall–Kier alpha value is -1.18. The summed E-state index contributed by atoms with van der Waals surface area (Å²) in [7, 11) is 7.16. The molecule has 0 aliphatic rings. The zero-order valence-electron chi connectivity index (χ0n) is 16.0. The Morgan fingerprint density at radius 1 is 1.21 bits per heavy atom. The van der Waals surface area contributed by atoms with Gasteiger partial charge in [-0.1, -0.05) is 20.8 Å². The molecule has 1 N–H and O–H groups in total. The van der Waals surface area contributed by atoms with Gasteiger partial charge in [0, 0.05) is 38.8 Å². The van der Waals surface area contributed by atoms with Crippen LogP contribution in [0.4, 0.5) is 0 Å². The number of methoxy groups -OCH3 is 2. The molecular formula is C18H32IN3O2. The summed E-state index contributed by atoms with van der Waals surface area (Å²) in [5, 5.41) is 3.42. The van der Waals surface area contributed by atoms with Gasteiger partial charge in [0.2, 0.25) is 0 Å². The van der Waals surface area contributed by atoms with E-state index in [0.717, 1.165) is 36.0 Å². The molecule has 0 bridgehead atoms. The van der Waals surface area contributed by atoms with E-state index in [2.05, 4.69) is 36.0 Å². The van der Waals surface area contributed by atoms with E-state index in [1.54, 1.807) is 21.3 Å². The van der Waals surface area contributed by atoms with Gasteiger partial charge in [-0.05, 0) is 24.0 Å². The molecule has 24 heavy (non-hydrogen) atoms. The van der Waals surface area contributed by atoms with E-state index in [9.17, 15) is 0 Å². The minimum Gasteiger partial charge on any atom is -0.497 e. The van der Waals surface area contributed by atoms with E-state index >= 15 is 0 Å². The molecule has 0 saturated carbocycles. The molecule has 1 aromatic rings. The van der Waals surface area contributed by atoms with E-state index < -0.39 is 0 Å². The van der Waals surface area contributed by atoms with E-state index in [-0.39, 0.29) is 24.0 Å². The van der Waals surface area contributed by atoms with Gasteiger partial charge in [0.05, 0.1) is 14.2 Å². The summed E-state index contributed by atoms with van der Waals surface area (Å²) in [5.41, 5.74) is 1.40. The van der Waals surface area contributed by atoms with Gasteiger partial charge in [0.15, 0.2) is 5.96 Å². The molecule has 1 aromatic carbocycles. The monoisotopic (exact) mass is 449 g/mol. The van der Waals surface area contributed by atoms with Gasteiger partial charge >= 0.3 is 0 Å². The van der Waals surface area contributed by atoms with Crippen molar-refractivity contribution in [2.24, 2.45) is 10.4 Å². The lowest BCUT2D eigenvalue weighted by Gasteiger charge is -2.25. The quantitative estimate of drug-likeness (QED) is 0.408. The summed E-state index contributed by atoms with van der Waals surface area (Å²) in [5.74, 6) is 2.49. The normalized spacial score (nSPS) is 11.5. The van der Waals surface area contributed by atoms with Gasteiger partial charge in [0.25, 0.3) is 0 Å². The number of benzene rings is 1. The molecule has 0 amide bonds. The first-order valence-corrected chi connectivity index (χ1v) is 7.93. The van der Waals surface area contributed by atoms with E-state index in [1.807, 2.05) is 25.2 Å². The molecule has 0 unspecified atom stereocenters. The van der Waals surface area contributed by atoms with Crippen molar-refractivity contribution in [3.05, 3.63) is 23.8 Å². The molecule has 5 nitrogen and oxygen atoms in total. The van der Waals surface area contributed by atoms with Crippen molar-refractivity contribution < 1.29 is 9.47 Å². The first kappa shape index (κ1) is 22.8. The number of rotatable bonds is 6. The van der Waals surface area contributed by atoms with Gasteiger partial charge in [-0.15, -0.1) is 24.0 Å². The lowest BCUT2D eigenvalue weighted by atomic mass is 9.92. The van der Waals surface area contributed by atoms with Crippen LogP contribution in [0.1, 0.15) is 32.8 Å². The largest absolute Gasteiger partial charge is 0.497 e. The second-order valence-corrected chi connectivity index (χ2v) is 6.82. The Kier molecular flexibility index (Phi) is 10.1. The average Bonchev–Trinajstić information content (AvgIpc) is 2.50. The van der Waals surface area contributed by atoms with E-state index in [1.165, 1.54) is 0 Å². The summed E-state index contributed by atoms with van der Waals surface area (Å²) < 4.78 is 10.7. The molecule has 0 aliphatic carbocycles. The standard InChI is InChI=1S/C18H31N3O2.HI/c1-18(2,3)10-11-20-17(19-4)21(5)13-14-8-9-15(22-6)12-16(14)23-7;/h8-9,12H,10-11,13H2,1-7H3,(H,19,20);1H. The number of aliphatic imine (C=N–C) groups is 1. The fourth-order valence-corrected chi connectivity index (χ4v) is 2.25. The molecule has 0 spiro atoms. The third kappa shape index (κ3) is 7.59. The minimum absolute atomic E-state index is 0. The molecule has 0 aliphatic heterocycles. The van der Waals surface area contributed by atoms with Gasteiger partial charge in [-0.3, -0.25) is 4.99 Å². The van der Waals surface area contributed by atoms with Crippen molar-refractivity contribution in [3.63, 3.8) is 0 Å². The van der Waals surface area contributed by atoms with Crippen molar-refractivity contribution >= 4 is 29.9 Å². The van der Waals surface area contributed by atoms with Gasteiger partial charge in [-0.2, -0.15) is 0 Å². The Morgan fingerprint density at radius 3 is 2.38 bits per heavy atom. The predicted octanol–water partition coefficient (Wildman–Crippen LogP) is 3.77. The number of ether oxygens (including phenoxy) is 2. The number of nitrogens with one attached hydrogen (secondary N) is 1. The second kappa shape index (κ2) is 10.6. The summed E-state index contributed by atoms with van der Waals surface area (Å²) in [6.07, 6.45) is 1.09. The summed E-state index contributed by atoms with van der Waals surface area (Å²) in [6.45, 7) is 8.33. The Morgan fingerprint density at radius 2 is 1.88 bits per heavy atom. The summed E-state index contributed by atoms with van der Waals surface area (Å²) in [6, 6.07) is 5.87. The first-order valence-electron chi connectivity index (χ1n) is 7.93. The number of halogens is 1. The van der Waals surface area contributed by atoms with Crippen molar-refractivity contribution in [1.82, 2.24) is 10.2 Å². The third-order valence-electron chi connectivity index (χ3n) is 3.63. The van der Waals surface area contributed by atoms with Crippen LogP contribution in [-0.4, -0.2) is 45.7 Å². The fourth-order valence-electron chi connectivity index (χ4n) is 2.25. The molecule has 1 rings (SSSR count). The molecular weight excluding hydrogens is 417 g/mol. The Bertz CT molecular complexity index is 527. The molecule has 0 saturated heterocycles. The van der Waals surface area contributed by atoms with Crippen LogP contribution in [-0.2, 0) is 6.54 Å². The number of guanidine groups is 1.